The van der Waals surface area contributed by atoms with Crippen LogP contribution in [0.25, 0.3) is 10.4 Å². The highest BCUT2D eigenvalue weighted by Gasteiger charge is 2.26. The highest BCUT2D eigenvalue weighted by atomic mass is 33.1. The van der Waals surface area contributed by atoms with Crippen molar-refractivity contribution in [2.24, 2.45) is 5.11 Å². The molecule has 120 valence electrons. The highest BCUT2D eigenvalue weighted by molar-refractivity contribution is 8.76. The third-order valence-electron chi connectivity index (χ3n) is 2.07. The van der Waals surface area contributed by atoms with Crippen LogP contribution in [-0.4, -0.2) is 46.9 Å². The maximum Gasteiger partial charge on any atom is 0.408 e. The number of nitrogens with zero attached hydrogens (tertiary/aromatic N) is 3. The summed E-state index contributed by atoms with van der Waals surface area (Å²) in [7, 11) is 2.84. The molecule has 2 N–H and O–H groups in total. The van der Waals surface area contributed by atoms with Crippen LogP contribution < -0.4 is 5.32 Å². The smallest absolute Gasteiger partial charge is 0.408 e. The molecular weight excluding hydrogens is 316 g/mol. The predicted molar refractivity (Wildman–Crippen MR) is 84.3 cm³/mol. The van der Waals surface area contributed by atoms with E-state index >= 15 is 0 Å². The molecule has 0 saturated heterocycles. The molecule has 0 bridgehead atoms. The molecule has 0 rings (SSSR count). The molecule has 0 aromatic rings. The number of nitrogens with one attached hydrogen (secondary N) is 1. The third kappa shape index (κ3) is 10.2. The van der Waals surface area contributed by atoms with Gasteiger partial charge in [-0.3, -0.25) is 0 Å². The molecule has 0 saturated carbocycles. The standard InChI is InChI=1S/C11H20N4O4S2/c1-11(2,3)19-10(18)14-8(9(16)17)5-7(21-20-4)6-13-15-12/h7-8H,5-6H2,1-4H3,(H,14,18)(H,16,17)/t7-,8?/m0/s1. The van der Waals surface area contributed by atoms with Gasteiger partial charge in [0.25, 0.3) is 0 Å². The Hall–Kier alpha value is -1.25. The van der Waals surface area contributed by atoms with Gasteiger partial charge in [0.2, 0.25) is 0 Å². The molecule has 1 amide bonds. The average molecular weight is 336 g/mol. The summed E-state index contributed by atoms with van der Waals surface area (Å²) in [6.07, 6.45) is 1.19. The van der Waals surface area contributed by atoms with Gasteiger partial charge in [-0.15, -0.1) is 0 Å². The number of carboxylic acids is 1. The Morgan fingerprint density at radius 3 is 2.52 bits per heavy atom. The average Bonchev–Trinajstić information content (AvgIpc) is 2.32. The first-order valence-electron chi connectivity index (χ1n) is 6.12. The second kappa shape index (κ2) is 9.64. The molecule has 0 fully saturated rings. The maximum atomic E-state index is 11.6. The molecule has 2 atom stereocenters. The van der Waals surface area contributed by atoms with E-state index in [4.69, 9.17) is 10.3 Å². The number of carbonyl (C=O) groups is 2. The number of rotatable bonds is 8. The first-order valence-corrected chi connectivity index (χ1v) is 8.74. The van der Waals surface area contributed by atoms with E-state index in [1.807, 2.05) is 6.26 Å². The van der Waals surface area contributed by atoms with E-state index in [0.29, 0.717) is 0 Å². The lowest BCUT2D eigenvalue weighted by Crippen LogP contribution is -2.45. The maximum absolute atomic E-state index is 11.6. The van der Waals surface area contributed by atoms with E-state index in [1.54, 1.807) is 20.8 Å². The Morgan fingerprint density at radius 1 is 1.48 bits per heavy atom. The van der Waals surface area contributed by atoms with E-state index in [0.717, 1.165) is 0 Å². The lowest BCUT2D eigenvalue weighted by molar-refractivity contribution is -0.139. The number of hydrogen-bond acceptors (Lipinski definition) is 6. The van der Waals surface area contributed by atoms with Crippen molar-refractivity contribution < 1.29 is 19.4 Å². The van der Waals surface area contributed by atoms with Gasteiger partial charge in [0.1, 0.15) is 11.6 Å². The fourth-order valence-corrected chi connectivity index (χ4v) is 3.25. The summed E-state index contributed by atoms with van der Waals surface area (Å²) in [6, 6.07) is -1.10. The Balaban J connectivity index is 4.69. The van der Waals surface area contributed by atoms with Gasteiger partial charge >= 0.3 is 12.1 Å². The first kappa shape index (κ1) is 19.8. The van der Waals surface area contributed by atoms with Crippen molar-refractivity contribution in [3.05, 3.63) is 10.4 Å². The molecule has 10 heteroatoms. The SMILES string of the molecule is CSS[C@H](CN=[N+]=[N-])CC(NC(=O)OC(C)(C)C)C(=O)O. The van der Waals surface area contributed by atoms with Crippen LogP contribution in [0.1, 0.15) is 27.2 Å². The number of amides is 1. The normalized spacial score (nSPS) is 13.7. The zero-order valence-electron chi connectivity index (χ0n) is 12.4. The Kier molecular flexibility index (Phi) is 9.07. The number of hydrogen-bond donors (Lipinski definition) is 2. The molecule has 0 aliphatic rings. The van der Waals surface area contributed by atoms with Gasteiger partial charge in [-0.05, 0) is 39.0 Å². The minimum Gasteiger partial charge on any atom is -0.480 e. The van der Waals surface area contributed by atoms with Crippen LogP contribution in [0.15, 0.2) is 5.11 Å². The summed E-state index contributed by atoms with van der Waals surface area (Å²) in [6.45, 7) is 5.23. The van der Waals surface area contributed by atoms with E-state index in [9.17, 15) is 14.7 Å². The molecule has 8 nitrogen and oxygen atoms in total. The molecule has 1 unspecified atom stereocenters. The van der Waals surface area contributed by atoms with Crippen molar-refractivity contribution in [1.29, 1.82) is 0 Å². The summed E-state index contributed by atoms with van der Waals surface area (Å²) in [5, 5.41) is 14.7. The number of alkyl carbamates (subject to hydrolysis) is 1. The van der Waals surface area contributed by atoms with Gasteiger partial charge in [0, 0.05) is 16.7 Å². The number of azide groups is 1. The van der Waals surface area contributed by atoms with Gasteiger partial charge in [-0.25, -0.2) is 9.59 Å². The summed E-state index contributed by atoms with van der Waals surface area (Å²) < 4.78 is 5.03. The number of carboxylic acid groups (broad SMARTS) is 1. The molecule has 0 aromatic heterocycles. The summed E-state index contributed by atoms with van der Waals surface area (Å²) in [4.78, 5) is 25.5. The predicted octanol–water partition coefficient (Wildman–Crippen LogP) is 3.04. The van der Waals surface area contributed by atoms with Crippen LogP contribution in [0.3, 0.4) is 0 Å². The van der Waals surface area contributed by atoms with E-state index in [2.05, 4.69) is 15.3 Å². The zero-order chi connectivity index (χ0) is 16.5. The van der Waals surface area contributed by atoms with Crippen molar-refractivity contribution in [3.63, 3.8) is 0 Å². The third-order valence-corrected chi connectivity index (χ3v) is 4.27. The topological polar surface area (TPSA) is 124 Å². The molecule has 0 spiro atoms. The molecule has 0 aliphatic carbocycles. The lowest BCUT2D eigenvalue weighted by Gasteiger charge is -2.23. The molecule has 0 radical (unpaired) electrons. The van der Waals surface area contributed by atoms with Gasteiger partial charge < -0.3 is 15.2 Å². The van der Waals surface area contributed by atoms with E-state index in [1.165, 1.54) is 21.6 Å². The van der Waals surface area contributed by atoms with Gasteiger partial charge in [-0.2, -0.15) is 0 Å². The van der Waals surface area contributed by atoms with Crippen LogP contribution in [0, 0.1) is 0 Å². The Morgan fingerprint density at radius 2 is 2.10 bits per heavy atom. The highest BCUT2D eigenvalue weighted by Crippen LogP contribution is 2.27. The van der Waals surface area contributed by atoms with Crippen LogP contribution >= 0.6 is 21.6 Å². The summed E-state index contributed by atoms with van der Waals surface area (Å²) >= 11 is 0. The minimum atomic E-state index is -1.16. The number of ether oxygens (including phenoxy) is 1. The fraction of sp³-hybridized carbons (Fsp3) is 0.818. The number of aliphatic carboxylic acids is 1. The molecule has 0 aliphatic heterocycles. The van der Waals surface area contributed by atoms with Crippen molar-refractivity contribution in [2.45, 2.75) is 44.1 Å². The van der Waals surface area contributed by atoms with Crippen LogP contribution in [0.4, 0.5) is 4.79 Å². The van der Waals surface area contributed by atoms with Crippen molar-refractivity contribution in [2.75, 3.05) is 12.8 Å². The minimum absolute atomic E-state index is 0.138. The fourth-order valence-electron chi connectivity index (χ4n) is 1.34. The molecule has 0 heterocycles. The Labute approximate surface area is 131 Å². The zero-order valence-corrected chi connectivity index (χ0v) is 14.0. The van der Waals surface area contributed by atoms with Crippen LogP contribution in [0.2, 0.25) is 0 Å². The molecule has 0 aromatic carbocycles. The van der Waals surface area contributed by atoms with Crippen molar-refractivity contribution in [1.82, 2.24) is 5.32 Å². The monoisotopic (exact) mass is 336 g/mol. The summed E-state index contributed by atoms with van der Waals surface area (Å²) in [5.41, 5.74) is 7.63. The Bertz CT molecular complexity index is 408. The van der Waals surface area contributed by atoms with Gasteiger partial charge in [0.05, 0.1) is 0 Å². The van der Waals surface area contributed by atoms with Crippen molar-refractivity contribution in [3.8, 4) is 0 Å². The van der Waals surface area contributed by atoms with Gasteiger partial charge in [0.15, 0.2) is 0 Å². The van der Waals surface area contributed by atoms with Gasteiger partial charge in [-0.1, -0.05) is 26.7 Å². The summed E-state index contributed by atoms with van der Waals surface area (Å²) in [5.74, 6) is -1.16. The van der Waals surface area contributed by atoms with Crippen LogP contribution in [-0.2, 0) is 9.53 Å². The van der Waals surface area contributed by atoms with Crippen LogP contribution in [0.5, 0.6) is 0 Å². The van der Waals surface area contributed by atoms with E-state index < -0.39 is 23.7 Å². The number of carbonyl (C=O) groups excluding carboxylic acids is 1. The second-order valence-electron chi connectivity index (χ2n) is 5.07. The first-order chi connectivity index (χ1) is 9.69. The van der Waals surface area contributed by atoms with E-state index in [-0.39, 0.29) is 18.2 Å². The van der Waals surface area contributed by atoms with Crippen molar-refractivity contribution >= 4 is 33.7 Å². The molecule has 21 heavy (non-hydrogen) atoms. The largest absolute Gasteiger partial charge is 0.480 e. The molecular formula is C11H20N4O4S2. The lowest BCUT2D eigenvalue weighted by atomic mass is 10.1. The second-order valence-corrected chi connectivity index (χ2v) is 7.84. The quantitative estimate of drug-likeness (QED) is 0.304.